The van der Waals surface area contributed by atoms with Gasteiger partial charge in [-0.2, -0.15) is 0 Å². The molecule has 56 heavy (non-hydrogen) atoms. The summed E-state index contributed by atoms with van der Waals surface area (Å²) >= 11 is 0. The zero-order valence-corrected chi connectivity index (χ0v) is 29.9. The minimum atomic E-state index is -0.00815. The largest absolute Gasteiger partial charge is 0.455 e. The van der Waals surface area contributed by atoms with Crippen molar-refractivity contribution in [3.63, 3.8) is 0 Å². The van der Waals surface area contributed by atoms with Gasteiger partial charge in [0.15, 0.2) is 0 Å². The first-order chi connectivity index (χ1) is 26.7. The molecule has 0 aliphatic heterocycles. The number of hydrogen-bond donors (Lipinski definition) is 0. The molecule has 1 heterocycles. The lowest BCUT2D eigenvalue weighted by Gasteiger charge is -2.31. The van der Waals surface area contributed by atoms with Crippen LogP contribution in [0.3, 0.4) is 0 Å². The van der Waals surface area contributed by atoms with Crippen LogP contribution in [0.5, 0.6) is 0 Å². The van der Waals surface area contributed by atoms with Crippen LogP contribution < -0.4 is 71.0 Å². The monoisotopic (exact) mass is 676 g/mol. The van der Waals surface area contributed by atoms with E-state index in [1.807, 2.05) is 48.5 Å². The first-order valence-corrected chi connectivity index (χ1v) is 17.5. The van der Waals surface area contributed by atoms with E-state index in [9.17, 15) is 0 Å². The van der Waals surface area contributed by atoms with Crippen molar-refractivity contribution in [1.29, 1.82) is 0 Å². The number of rotatable bonds is 3. The predicted octanol–water partition coefficient (Wildman–Crippen LogP) is -3.63. The Morgan fingerprint density at radius 2 is 0.768 bits per heavy atom. The summed E-state index contributed by atoms with van der Waals surface area (Å²) in [5.41, 5.74) is 5.57. The summed E-state index contributed by atoms with van der Waals surface area (Å²) in [4.78, 5) is 0. The van der Waals surface area contributed by atoms with Gasteiger partial charge in [-0.15, -0.1) is 38.2 Å². The molecule has 9 rings (SSSR count). The number of benzene rings is 8. The van der Waals surface area contributed by atoms with Crippen LogP contribution in [0, 0.1) is 0 Å². The molecule has 8 aromatic carbocycles. The highest BCUT2D eigenvalue weighted by molar-refractivity contribution is 6.73. The molecule has 1 aromatic heterocycles. The fourth-order valence-electron chi connectivity index (χ4n) is 8.21. The minimum Gasteiger partial charge on any atom is -0.455 e. The SMILES string of the molecule is [B]c1c([B])c([B])c(-c2c3c([B])c([B])c([B])c([B])c3c(-c3ccc(-c4cccc5oc6c7ccccc7ccc6c45)cc3)c3c([B])c([B])c([B])c([B])c23)c([B])c1[B]. The highest BCUT2D eigenvalue weighted by Gasteiger charge is 2.27. The van der Waals surface area contributed by atoms with Crippen molar-refractivity contribution in [3.8, 4) is 33.4 Å². The lowest BCUT2D eigenvalue weighted by Crippen LogP contribution is -2.55. The summed E-state index contributed by atoms with van der Waals surface area (Å²) in [5.74, 6) is 0. The average Bonchev–Trinajstić information content (AvgIpc) is 3.61. The molecular formula is C42H13B13O. The van der Waals surface area contributed by atoms with E-state index in [0.717, 1.165) is 43.8 Å². The van der Waals surface area contributed by atoms with Crippen molar-refractivity contribution < 1.29 is 4.42 Å². The van der Waals surface area contributed by atoms with Crippen molar-refractivity contribution in [2.24, 2.45) is 0 Å². The van der Waals surface area contributed by atoms with E-state index in [1.54, 1.807) is 0 Å². The van der Waals surface area contributed by atoms with E-state index in [-0.39, 0.29) is 82.1 Å². The van der Waals surface area contributed by atoms with Gasteiger partial charge < -0.3 is 4.42 Å². The van der Waals surface area contributed by atoms with Gasteiger partial charge in [-0.05, 0) is 72.4 Å². The molecule has 0 aliphatic carbocycles. The molecule has 14 heteroatoms. The molecule has 0 fully saturated rings. The number of hydrogen-bond acceptors (Lipinski definition) is 1. The first-order valence-electron chi connectivity index (χ1n) is 17.5. The highest BCUT2D eigenvalue weighted by Crippen LogP contribution is 2.42. The molecular weight excluding hydrogens is 661 g/mol. The van der Waals surface area contributed by atoms with Gasteiger partial charge in [-0.1, -0.05) is 99.5 Å². The molecule has 26 radical (unpaired) electrons. The Kier molecular flexibility index (Phi) is 8.62. The standard InChI is InChI=1S/C42H13B13O/c43-29-24-21(16-10-8-15(9-11-16)17-6-3-7-20-22(17)19-13-12-14-4-1-2-5-18(14)42(19)56-20)25-27(32(46)38(52)36(50)30(25)44)23(26(24)31(45)37(51)35(29)49)28-33(47)39(53)41(55)40(54)34(28)48/h1-13H. The summed E-state index contributed by atoms with van der Waals surface area (Å²) in [6, 6.07) is 26.2. The molecule has 226 valence electrons. The molecule has 9 aromatic rings. The van der Waals surface area contributed by atoms with Crippen LogP contribution in [0.25, 0.3) is 87.6 Å². The maximum absolute atomic E-state index is 6.91. The van der Waals surface area contributed by atoms with E-state index < -0.39 is 0 Å². The van der Waals surface area contributed by atoms with Gasteiger partial charge in [0.1, 0.15) is 113 Å². The van der Waals surface area contributed by atoms with Gasteiger partial charge >= 0.3 is 0 Å². The smallest absolute Gasteiger partial charge is 0.143 e. The van der Waals surface area contributed by atoms with E-state index in [1.165, 1.54) is 0 Å². The average molecular weight is 674 g/mol. The zero-order valence-electron chi connectivity index (χ0n) is 29.9. The Morgan fingerprint density at radius 3 is 1.32 bits per heavy atom. The Morgan fingerprint density at radius 1 is 0.304 bits per heavy atom. The summed E-state index contributed by atoms with van der Waals surface area (Å²) < 4.78 is 6.46. The first kappa shape index (κ1) is 36.8. The van der Waals surface area contributed by atoms with Gasteiger partial charge in [-0.25, -0.2) is 0 Å². The topological polar surface area (TPSA) is 13.1 Å². The van der Waals surface area contributed by atoms with Gasteiger partial charge in [0.2, 0.25) is 0 Å². The summed E-state index contributed by atoms with van der Waals surface area (Å²) in [5, 5.41) is 5.48. The van der Waals surface area contributed by atoms with Crippen molar-refractivity contribution >= 4 is 227 Å². The molecule has 0 spiro atoms. The predicted molar refractivity (Wildman–Crippen MR) is 253 cm³/mol. The molecule has 1 nitrogen and oxygen atoms in total. The molecule has 0 amide bonds. The fourth-order valence-corrected chi connectivity index (χ4v) is 8.21. The second-order valence-corrected chi connectivity index (χ2v) is 14.0. The van der Waals surface area contributed by atoms with Crippen LogP contribution in [0.4, 0.5) is 0 Å². The van der Waals surface area contributed by atoms with Crippen LogP contribution >= 0.6 is 0 Å². The van der Waals surface area contributed by atoms with Gasteiger partial charge in [0.05, 0.1) is 0 Å². The maximum Gasteiger partial charge on any atom is 0.143 e. The molecule has 0 saturated carbocycles. The van der Waals surface area contributed by atoms with Gasteiger partial charge in [0, 0.05) is 16.2 Å². The quantitative estimate of drug-likeness (QED) is 0.140. The van der Waals surface area contributed by atoms with Crippen LogP contribution in [0.1, 0.15) is 0 Å². The minimum absolute atomic E-state index is 0.00424. The zero-order chi connectivity index (χ0) is 39.6. The molecule has 0 atom stereocenters. The van der Waals surface area contributed by atoms with E-state index in [0.29, 0.717) is 32.7 Å². The molecule has 0 saturated heterocycles. The van der Waals surface area contributed by atoms with Crippen molar-refractivity contribution in [2.75, 3.05) is 0 Å². The third-order valence-electron chi connectivity index (χ3n) is 11.1. The summed E-state index contributed by atoms with van der Waals surface area (Å²) in [6.45, 7) is 0. The third kappa shape index (κ3) is 5.00. The molecule has 0 unspecified atom stereocenters. The summed E-state index contributed by atoms with van der Waals surface area (Å²) in [6.07, 6.45) is 0. The lowest BCUT2D eigenvalue weighted by molar-refractivity contribution is 0.673. The van der Waals surface area contributed by atoms with Crippen LogP contribution in [0.2, 0.25) is 0 Å². The maximum atomic E-state index is 6.91. The van der Waals surface area contributed by atoms with Gasteiger partial charge in [-0.3, -0.25) is 0 Å². The van der Waals surface area contributed by atoms with E-state index in [2.05, 4.69) is 30.3 Å². The number of furan rings is 1. The van der Waals surface area contributed by atoms with Crippen molar-refractivity contribution in [1.82, 2.24) is 0 Å². The summed E-state index contributed by atoms with van der Waals surface area (Å²) in [7, 11) is 86.1. The normalized spacial score (nSPS) is 11.8. The third-order valence-corrected chi connectivity index (χ3v) is 11.1. The van der Waals surface area contributed by atoms with E-state index >= 15 is 0 Å². The Bertz CT molecular complexity index is 3110. The highest BCUT2D eigenvalue weighted by atomic mass is 16.3. The van der Waals surface area contributed by atoms with E-state index in [4.69, 9.17) is 106 Å². The Labute approximate surface area is 342 Å². The number of fused-ring (bicyclic) bond motifs is 7. The fraction of sp³-hybridized carbons (Fsp3) is 0. The lowest BCUT2D eigenvalue weighted by atomic mass is 9.56. The molecule has 0 bridgehead atoms. The second kappa shape index (κ2) is 13.1. The molecule has 0 N–H and O–H groups in total. The molecule has 0 aliphatic rings. The Hall–Kier alpha value is -4.82. The van der Waals surface area contributed by atoms with Crippen LogP contribution in [-0.2, 0) is 0 Å². The van der Waals surface area contributed by atoms with Crippen molar-refractivity contribution in [2.45, 2.75) is 0 Å². The van der Waals surface area contributed by atoms with Crippen molar-refractivity contribution in [3.05, 3.63) is 78.9 Å². The second-order valence-electron chi connectivity index (χ2n) is 14.0. The van der Waals surface area contributed by atoms with Gasteiger partial charge in [0.25, 0.3) is 0 Å². The van der Waals surface area contributed by atoms with Crippen LogP contribution in [-0.4, -0.2) is 102 Å². The Balaban J connectivity index is 1.40. The van der Waals surface area contributed by atoms with Crippen LogP contribution in [0.15, 0.2) is 83.3 Å².